The minimum atomic E-state index is 0. The molecule has 0 bridgehead atoms. The van der Waals surface area contributed by atoms with Crippen molar-refractivity contribution in [3.8, 4) is 0 Å². The van der Waals surface area contributed by atoms with E-state index in [-0.39, 0.29) is 5.48 Å². The molecule has 0 saturated carbocycles. The van der Waals surface area contributed by atoms with Crippen molar-refractivity contribution >= 4 is 0 Å². The number of quaternary nitrogens is 1. The summed E-state index contributed by atoms with van der Waals surface area (Å²) in [6.45, 7) is 2.00. The number of hydrogen-bond donors (Lipinski definition) is 0. The van der Waals surface area contributed by atoms with E-state index in [4.69, 9.17) is 4.74 Å². The quantitative estimate of drug-likeness (QED) is 0.499. The first-order valence-electron chi connectivity index (χ1n) is 3.87. The number of rotatable bonds is 0. The molecule has 0 spiro atoms. The lowest BCUT2D eigenvalue weighted by molar-refractivity contribution is -0.849. The smallest absolute Gasteiger partial charge is 0.0675 e. The van der Waals surface area contributed by atoms with Crippen LogP contribution >= 0.6 is 0 Å². The van der Waals surface area contributed by atoms with Crippen LogP contribution in [-0.2, 0) is 4.74 Å². The molecule has 0 atom stereocenters. The van der Waals surface area contributed by atoms with Crippen molar-refractivity contribution in [2.75, 3.05) is 41.4 Å². The van der Waals surface area contributed by atoms with Crippen LogP contribution < -0.4 is 0 Å². The van der Waals surface area contributed by atoms with Gasteiger partial charge in [0.1, 0.15) is 0 Å². The number of nitrogens with zero attached hydrogens (tertiary/aromatic N) is 1. The molecule has 0 aliphatic carbocycles. The molecule has 1 aliphatic rings. The summed E-state index contributed by atoms with van der Waals surface area (Å²) < 4.78 is 5.94. The van der Waals surface area contributed by atoms with Gasteiger partial charge in [-0.1, -0.05) is 0 Å². The van der Waals surface area contributed by atoms with E-state index in [1.807, 2.05) is 0 Å². The van der Waals surface area contributed by atoms with Crippen molar-refractivity contribution in [3.63, 3.8) is 0 Å². The van der Waals surface area contributed by atoms with Gasteiger partial charge >= 0.3 is 0 Å². The molecular weight excluding hydrogens is 142 g/mol. The Bertz CT molecular complexity index is 61.0. The van der Waals surface area contributed by atoms with Crippen molar-refractivity contribution in [2.24, 2.45) is 0 Å². The van der Waals surface area contributed by atoms with Crippen LogP contribution in [0.2, 0.25) is 0 Å². The highest BCUT2D eigenvalue weighted by atomic mass is 16.5. The molecule has 1 rings (SSSR count). The van der Waals surface area contributed by atoms with Crippen molar-refractivity contribution in [1.82, 2.24) is 0 Å². The molecular formula is C8H21NO2. The van der Waals surface area contributed by atoms with Crippen molar-refractivity contribution < 1.29 is 14.7 Å². The van der Waals surface area contributed by atoms with Gasteiger partial charge in [0.05, 0.1) is 28.2 Å². The highest BCUT2D eigenvalue weighted by Gasteiger charge is 1.94. The van der Waals surface area contributed by atoms with Gasteiger partial charge in [-0.3, -0.25) is 0 Å². The first-order chi connectivity index (χ1) is 4.50. The highest BCUT2D eigenvalue weighted by molar-refractivity contribution is 4.43. The van der Waals surface area contributed by atoms with Crippen molar-refractivity contribution in [2.45, 2.75) is 12.8 Å². The van der Waals surface area contributed by atoms with Crippen LogP contribution in [0, 0.1) is 0 Å². The zero-order valence-electron chi connectivity index (χ0n) is 8.13. The van der Waals surface area contributed by atoms with Crippen LogP contribution in [0.3, 0.4) is 0 Å². The highest BCUT2D eigenvalue weighted by Crippen LogP contribution is 1.98. The topological polar surface area (TPSA) is 39.2 Å². The van der Waals surface area contributed by atoms with Gasteiger partial charge in [-0.05, 0) is 12.8 Å². The largest absolute Gasteiger partial charge is 0.870 e. The summed E-state index contributed by atoms with van der Waals surface area (Å²) in [5, 5.41) is 0. The van der Waals surface area contributed by atoms with Crippen LogP contribution in [0.1, 0.15) is 12.8 Å². The fourth-order valence-corrected chi connectivity index (χ4v) is 0.510. The number of hydrogen-bond acceptors (Lipinski definition) is 2. The molecule has 3 heteroatoms. The van der Waals surface area contributed by atoms with Gasteiger partial charge in [-0.15, -0.1) is 0 Å². The van der Waals surface area contributed by atoms with Gasteiger partial charge in [-0.2, -0.15) is 0 Å². The van der Waals surface area contributed by atoms with Gasteiger partial charge in [0.15, 0.2) is 0 Å². The van der Waals surface area contributed by atoms with E-state index >= 15 is 0 Å². The summed E-state index contributed by atoms with van der Waals surface area (Å²) in [6, 6.07) is 0. The third kappa shape index (κ3) is 25.8. The van der Waals surface area contributed by atoms with Crippen LogP contribution in [0.4, 0.5) is 0 Å². The van der Waals surface area contributed by atoms with Gasteiger partial charge in [0.25, 0.3) is 0 Å². The second kappa shape index (κ2) is 6.58. The third-order valence-electron chi connectivity index (χ3n) is 0.827. The maximum absolute atomic E-state index is 4.94. The minimum absolute atomic E-state index is 0. The van der Waals surface area contributed by atoms with E-state index in [2.05, 4.69) is 28.2 Å². The predicted octanol–water partition coefficient (Wildman–Crippen LogP) is 0.942. The number of ether oxygens (including phenoxy) is 1. The second-order valence-electron chi connectivity index (χ2n) is 4.00. The summed E-state index contributed by atoms with van der Waals surface area (Å²) in [5.41, 5.74) is 0. The molecule has 1 saturated heterocycles. The van der Waals surface area contributed by atoms with Crippen molar-refractivity contribution in [3.05, 3.63) is 0 Å². The lowest BCUT2D eigenvalue weighted by Crippen LogP contribution is -2.27. The Morgan fingerprint density at radius 2 is 1.18 bits per heavy atom. The first kappa shape index (κ1) is 13.5. The molecule has 0 aromatic heterocycles. The molecule has 1 fully saturated rings. The summed E-state index contributed by atoms with van der Waals surface area (Å²) >= 11 is 0. The van der Waals surface area contributed by atoms with Gasteiger partial charge < -0.3 is 14.7 Å². The van der Waals surface area contributed by atoms with Crippen LogP contribution in [-0.4, -0.2) is 51.4 Å². The minimum Gasteiger partial charge on any atom is -0.870 e. The third-order valence-corrected chi connectivity index (χ3v) is 0.827. The molecule has 1 aliphatic heterocycles. The van der Waals surface area contributed by atoms with Crippen LogP contribution in [0.25, 0.3) is 0 Å². The second-order valence-corrected chi connectivity index (χ2v) is 4.00. The summed E-state index contributed by atoms with van der Waals surface area (Å²) in [6.07, 6.45) is 2.56. The maximum atomic E-state index is 4.94. The summed E-state index contributed by atoms with van der Waals surface area (Å²) in [7, 11) is 8.50. The Labute approximate surface area is 69.9 Å². The van der Waals surface area contributed by atoms with E-state index in [0.29, 0.717) is 0 Å². The molecule has 11 heavy (non-hydrogen) atoms. The molecule has 1 N–H and O–H groups in total. The Hall–Kier alpha value is -0.120. The fraction of sp³-hybridized carbons (Fsp3) is 1.00. The SMILES string of the molecule is C1CCOC1.C[N+](C)(C)C.[OH-]. The molecule has 0 aromatic carbocycles. The van der Waals surface area contributed by atoms with E-state index in [9.17, 15) is 0 Å². The summed E-state index contributed by atoms with van der Waals surface area (Å²) in [4.78, 5) is 0. The van der Waals surface area contributed by atoms with Crippen LogP contribution in [0.15, 0.2) is 0 Å². The van der Waals surface area contributed by atoms with Gasteiger partial charge in [-0.25, -0.2) is 0 Å². The Morgan fingerprint density at radius 1 is 0.909 bits per heavy atom. The fourth-order valence-electron chi connectivity index (χ4n) is 0.510. The van der Waals surface area contributed by atoms with E-state index in [1.165, 1.54) is 12.8 Å². The lowest BCUT2D eigenvalue weighted by atomic mass is 10.4. The Kier molecular flexibility index (Phi) is 8.06. The molecule has 0 radical (unpaired) electrons. The molecule has 0 aromatic rings. The molecule has 1 heterocycles. The van der Waals surface area contributed by atoms with Gasteiger partial charge in [0, 0.05) is 13.2 Å². The van der Waals surface area contributed by atoms with E-state index in [0.717, 1.165) is 17.7 Å². The molecule has 0 amide bonds. The predicted molar refractivity (Wildman–Crippen MR) is 45.9 cm³/mol. The standard InChI is InChI=1S/C4H12N.C4H8O.H2O/c1-5(2,3)4;1-2-4-5-3-1;/h1-4H3;1-4H2;1H2/q+1;;/p-1. The lowest BCUT2D eigenvalue weighted by Gasteiger charge is -2.14. The zero-order chi connectivity index (χ0) is 8.04. The average molecular weight is 163 g/mol. The molecule has 3 nitrogen and oxygen atoms in total. The maximum Gasteiger partial charge on any atom is 0.0675 e. The molecule has 70 valence electrons. The van der Waals surface area contributed by atoms with Crippen LogP contribution in [0.5, 0.6) is 0 Å². The van der Waals surface area contributed by atoms with Gasteiger partial charge in [0.2, 0.25) is 0 Å². The Balaban J connectivity index is 0. The van der Waals surface area contributed by atoms with Crippen molar-refractivity contribution in [1.29, 1.82) is 0 Å². The average Bonchev–Trinajstić information content (AvgIpc) is 2.07. The summed E-state index contributed by atoms with van der Waals surface area (Å²) in [5.74, 6) is 0. The Morgan fingerprint density at radius 3 is 1.27 bits per heavy atom. The monoisotopic (exact) mass is 163 g/mol. The first-order valence-corrected chi connectivity index (χ1v) is 3.87. The zero-order valence-corrected chi connectivity index (χ0v) is 8.13. The van der Waals surface area contributed by atoms with E-state index in [1.54, 1.807) is 0 Å². The normalized spacial score (nSPS) is 16.4. The van der Waals surface area contributed by atoms with E-state index < -0.39 is 0 Å². The molecule has 0 unspecified atom stereocenters.